The predicted octanol–water partition coefficient (Wildman–Crippen LogP) is 1.48. The van der Waals surface area contributed by atoms with E-state index in [0.717, 1.165) is 10.7 Å². The predicted molar refractivity (Wildman–Crippen MR) is 85.7 cm³/mol. The number of nitrogens with two attached hydrogens (primary N) is 1. The molecule has 0 radical (unpaired) electrons. The number of rotatable bonds is 7. The second-order valence-corrected chi connectivity index (χ2v) is 7.70. The average Bonchev–Trinajstić information content (AvgIpc) is 2.41. The number of nitrogens with zero attached hydrogens (tertiary/aromatic N) is 1. The minimum Gasteiger partial charge on any atom is -0.397 e. The summed E-state index contributed by atoms with van der Waals surface area (Å²) in [5.74, 6) is 0. The van der Waals surface area contributed by atoms with E-state index < -0.39 is 10.0 Å². The SMILES string of the molecule is CCC(C)(CCO)Nc1ccc(S(=O)(=O)N(C)C)cc1N. The van der Waals surface area contributed by atoms with Gasteiger partial charge in [-0.2, -0.15) is 0 Å². The molecule has 21 heavy (non-hydrogen) atoms. The fourth-order valence-corrected chi connectivity index (χ4v) is 2.86. The highest BCUT2D eigenvalue weighted by Crippen LogP contribution is 2.28. The summed E-state index contributed by atoms with van der Waals surface area (Å²) in [6.45, 7) is 4.08. The molecule has 0 saturated heterocycles. The number of hydrogen-bond acceptors (Lipinski definition) is 5. The molecule has 1 aromatic carbocycles. The van der Waals surface area contributed by atoms with Gasteiger partial charge >= 0.3 is 0 Å². The van der Waals surface area contributed by atoms with Gasteiger partial charge in [0.05, 0.1) is 16.3 Å². The number of nitrogens with one attached hydrogen (secondary N) is 1. The summed E-state index contributed by atoms with van der Waals surface area (Å²) < 4.78 is 25.3. The first kappa shape index (κ1) is 17.7. The fourth-order valence-electron chi connectivity index (χ4n) is 1.93. The third-order valence-corrected chi connectivity index (χ3v) is 5.49. The molecule has 7 heteroatoms. The molecule has 0 saturated carbocycles. The molecule has 0 spiro atoms. The van der Waals surface area contributed by atoms with Gasteiger partial charge in [0, 0.05) is 26.2 Å². The monoisotopic (exact) mass is 315 g/mol. The Morgan fingerprint density at radius 3 is 2.43 bits per heavy atom. The van der Waals surface area contributed by atoms with Crippen LogP contribution >= 0.6 is 0 Å². The zero-order valence-corrected chi connectivity index (χ0v) is 13.9. The lowest BCUT2D eigenvalue weighted by atomic mass is 9.94. The number of nitrogen functional groups attached to an aromatic ring is 1. The van der Waals surface area contributed by atoms with Crippen LogP contribution in [0.1, 0.15) is 26.7 Å². The van der Waals surface area contributed by atoms with E-state index in [1.807, 2.05) is 13.8 Å². The van der Waals surface area contributed by atoms with Gasteiger partial charge in [-0.05, 0) is 38.0 Å². The van der Waals surface area contributed by atoms with E-state index in [-0.39, 0.29) is 17.0 Å². The molecule has 0 aliphatic heterocycles. The maximum Gasteiger partial charge on any atom is 0.242 e. The lowest BCUT2D eigenvalue weighted by Gasteiger charge is -2.31. The third kappa shape index (κ3) is 4.09. The second kappa shape index (κ2) is 6.64. The van der Waals surface area contributed by atoms with Crippen molar-refractivity contribution < 1.29 is 13.5 Å². The molecule has 4 N–H and O–H groups in total. The van der Waals surface area contributed by atoms with Crippen LogP contribution in [0, 0.1) is 0 Å². The topological polar surface area (TPSA) is 95.7 Å². The highest BCUT2D eigenvalue weighted by atomic mass is 32.2. The molecule has 1 rings (SSSR count). The van der Waals surface area contributed by atoms with Crippen molar-refractivity contribution in [1.29, 1.82) is 0 Å². The van der Waals surface area contributed by atoms with Gasteiger partial charge in [-0.15, -0.1) is 0 Å². The minimum atomic E-state index is -3.49. The molecular weight excluding hydrogens is 290 g/mol. The van der Waals surface area contributed by atoms with E-state index in [1.54, 1.807) is 6.07 Å². The number of aliphatic hydroxyl groups excluding tert-OH is 1. The van der Waals surface area contributed by atoms with Gasteiger partial charge in [0.2, 0.25) is 10.0 Å². The summed E-state index contributed by atoms with van der Waals surface area (Å²) in [6.07, 6.45) is 1.39. The summed E-state index contributed by atoms with van der Waals surface area (Å²) >= 11 is 0. The van der Waals surface area contributed by atoms with Crippen LogP contribution in [-0.4, -0.2) is 44.1 Å². The van der Waals surface area contributed by atoms with Gasteiger partial charge in [0.25, 0.3) is 0 Å². The van der Waals surface area contributed by atoms with Gasteiger partial charge in [0.1, 0.15) is 0 Å². The molecule has 0 heterocycles. The average molecular weight is 315 g/mol. The lowest BCUT2D eigenvalue weighted by Crippen LogP contribution is -2.35. The van der Waals surface area contributed by atoms with Crippen LogP contribution in [-0.2, 0) is 10.0 Å². The summed E-state index contributed by atoms with van der Waals surface area (Å²) in [7, 11) is -0.532. The standard InChI is InChI=1S/C14H25N3O3S/c1-5-14(2,8-9-18)16-13-7-6-11(10-12(13)15)21(19,20)17(3)4/h6-7,10,16,18H,5,8-9,15H2,1-4H3. The van der Waals surface area contributed by atoms with Gasteiger partial charge in [-0.25, -0.2) is 12.7 Å². The molecule has 0 aliphatic rings. The highest BCUT2D eigenvalue weighted by Gasteiger charge is 2.23. The van der Waals surface area contributed by atoms with Crippen molar-refractivity contribution in [2.45, 2.75) is 37.1 Å². The van der Waals surface area contributed by atoms with Crippen molar-refractivity contribution in [3.05, 3.63) is 18.2 Å². The van der Waals surface area contributed by atoms with E-state index in [1.165, 1.54) is 26.2 Å². The minimum absolute atomic E-state index is 0.0737. The van der Waals surface area contributed by atoms with Crippen molar-refractivity contribution in [2.75, 3.05) is 31.8 Å². The molecule has 0 aliphatic carbocycles. The van der Waals surface area contributed by atoms with Crippen LogP contribution in [0.25, 0.3) is 0 Å². The van der Waals surface area contributed by atoms with Gasteiger partial charge in [0.15, 0.2) is 0 Å². The van der Waals surface area contributed by atoms with Gasteiger partial charge in [-0.1, -0.05) is 6.92 Å². The zero-order valence-electron chi connectivity index (χ0n) is 13.0. The van der Waals surface area contributed by atoms with Crippen molar-refractivity contribution in [1.82, 2.24) is 4.31 Å². The summed E-state index contributed by atoms with van der Waals surface area (Å²) in [5.41, 5.74) is 6.72. The molecule has 1 unspecified atom stereocenters. The lowest BCUT2D eigenvalue weighted by molar-refractivity contribution is 0.252. The Hall–Kier alpha value is -1.31. The molecular formula is C14H25N3O3S. The van der Waals surface area contributed by atoms with Crippen LogP contribution in [0.15, 0.2) is 23.1 Å². The first-order valence-corrected chi connectivity index (χ1v) is 8.31. The molecule has 0 amide bonds. The molecule has 120 valence electrons. The first-order chi connectivity index (χ1) is 9.66. The van der Waals surface area contributed by atoms with Crippen molar-refractivity contribution in [3.8, 4) is 0 Å². The summed E-state index contributed by atoms with van der Waals surface area (Å²) in [5, 5.41) is 12.4. The Morgan fingerprint density at radius 2 is 2.00 bits per heavy atom. The molecule has 6 nitrogen and oxygen atoms in total. The Labute approximate surface area is 127 Å². The maximum atomic E-state index is 12.1. The number of aliphatic hydroxyl groups is 1. The van der Waals surface area contributed by atoms with Gasteiger partial charge in [-0.3, -0.25) is 0 Å². The van der Waals surface area contributed by atoms with Crippen molar-refractivity contribution in [2.24, 2.45) is 0 Å². The van der Waals surface area contributed by atoms with Crippen LogP contribution < -0.4 is 11.1 Å². The Balaban J connectivity index is 3.10. The van der Waals surface area contributed by atoms with E-state index in [0.29, 0.717) is 17.8 Å². The smallest absolute Gasteiger partial charge is 0.242 e. The molecule has 0 bridgehead atoms. The second-order valence-electron chi connectivity index (χ2n) is 5.55. The van der Waals surface area contributed by atoms with E-state index >= 15 is 0 Å². The van der Waals surface area contributed by atoms with E-state index in [2.05, 4.69) is 5.32 Å². The maximum absolute atomic E-state index is 12.1. The first-order valence-electron chi connectivity index (χ1n) is 6.87. The Bertz CT molecular complexity index is 587. The van der Waals surface area contributed by atoms with Crippen LogP contribution in [0.5, 0.6) is 0 Å². The fraction of sp³-hybridized carbons (Fsp3) is 0.571. The van der Waals surface area contributed by atoms with Crippen molar-refractivity contribution in [3.63, 3.8) is 0 Å². The van der Waals surface area contributed by atoms with Crippen LogP contribution in [0.2, 0.25) is 0 Å². The van der Waals surface area contributed by atoms with E-state index in [9.17, 15) is 8.42 Å². The van der Waals surface area contributed by atoms with Crippen molar-refractivity contribution >= 4 is 21.4 Å². The molecule has 0 fully saturated rings. The zero-order chi connectivity index (χ0) is 16.3. The van der Waals surface area contributed by atoms with Gasteiger partial charge < -0.3 is 16.2 Å². The third-order valence-electron chi connectivity index (χ3n) is 3.68. The van der Waals surface area contributed by atoms with Crippen LogP contribution in [0.4, 0.5) is 11.4 Å². The quantitative estimate of drug-likeness (QED) is 0.662. The normalized spacial score (nSPS) is 15.0. The highest BCUT2D eigenvalue weighted by molar-refractivity contribution is 7.89. The van der Waals surface area contributed by atoms with E-state index in [4.69, 9.17) is 10.8 Å². The number of sulfonamides is 1. The number of benzene rings is 1. The Kier molecular flexibility index (Phi) is 5.61. The summed E-state index contributed by atoms with van der Waals surface area (Å²) in [4.78, 5) is 0.163. The van der Waals surface area contributed by atoms with Crippen LogP contribution in [0.3, 0.4) is 0 Å². The number of hydrogen-bond donors (Lipinski definition) is 3. The molecule has 0 aromatic heterocycles. The molecule has 1 aromatic rings. The molecule has 1 atom stereocenters. The Morgan fingerprint density at radius 1 is 1.38 bits per heavy atom. The summed E-state index contributed by atoms with van der Waals surface area (Å²) in [6, 6.07) is 4.65. The number of anilines is 2. The largest absolute Gasteiger partial charge is 0.397 e.